The van der Waals surface area contributed by atoms with Gasteiger partial charge in [-0.15, -0.1) is 0 Å². The molecule has 0 aliphatic heterocycles. The third-order valence-electron chi connectivity index (χ3n) is 2.02. The predicted molar refractivity (Wildman–Crippen MR) is 57.9 cm³/mol. The summed E-state index contributed by atoms with van der Waals surface area (Å²) in [6.45, 7) is 1.65. The molecule has 0 spiro atoms. The van der Waals surface area contributed by atoms with Gasteiger partial charge < -0.3 is 20.0 Å². The van der Waals surface area contributed by atoms with Gasteiger partial charge in [-0.05, 0) is 35.4 Å². The summed E-state index contributed by atoms with van der Waals surface area (Å²) in [4.78, 5) is 23.9. The zero-order chi connectivity index (χ0) is 12.8. The number of carbonyl (C=O) groups is 1. The maximum atomic E-state index is 10.6. The second kappa shape index (κ2) is 5.78. The summed E-state index contributed by atoms with van der Waals surface area (Å²) < 4.78 is 5.29. The lowest BCUT2D eigenvalue weighted by Crippen LogP contribution is -2.14. The number of aromatic nitrogens is 1. The fourth-order valence-corrected chi connectivity index (χ4v) is 1.21. The lowest BCUT2D eigenvalue weighted by molar-refractivity contribution is -0.390. The molecule has 0 bridgehead atoms. The number of ether oxygens (including phenoxy) is 1. The molecule has 7 heteroatoms. The van der Waals surface area contributed by atoms with Gasteiger partial charge in [-0.3, -0.25) is 4.79 Å². The summed E-state index contributed by atoms with van der Waals surface area (Å²) in [7, 11) is 0. The number of pyridine rings is 1. The Labute approximate surface area is 97.2 Å². The predicted octanol–water partition coefficient (Wildman–Crippen LogP) is 1.62. The van der Waals surface area contributed by atoms with Crippen LogP contribution in [0, 0.1) is 10.1 Å². The van der Waals surface area contributed by atoms with Crippen molar-refractivity contribution < 1.29 is 19.6 Å². The van der Waals surface area contributed by atoms with Crippen LogP contribution < -0.4 is 4.74 Å². The second-order valence-electron chi connectivity index (χ2n) is 3.44. The van der Waals surface area contributed by atoms with Gasteiger partial charge in [0.15, 0.2) is 0 Å². The number of carboxylic acid groups (broad SMARTS) is 1. The van der Waals surface area contributed by atoms with E-state index in [0.29, 0.717) is 0 Å². The summed E-state index contributed by atoms with van der Waals surface area (Å²) in [6.07, 6.45) is 1.11. The quantitative estimate of drug-likeness (QED) is 0.598. The van der Waals surface area contributed by atoms with E-state index in [1.54, 1.807) is 6.92 Å². The van der Waals surface area contributed by atoms with E-state index in [9.17, 15) is 14.9 Å². The molecule has 0 aliphatic carbocycles. The Morgan fingerprint density at radius 1 is 1.71 bits per heavy atom. The van der Waals surface area contributed by atoms with Crippen molar-refractivity contribution in [2.75, 3.05) is 0 Å². The molecular formula is C10H12N2O5. The molecule has 1 aromatic heterocycles. The van der Waals surface area contributed by atoms with Crippen molar-refractivity contribution in [2.45, 2.75) is 25.9 Å². The van der Waals surface area contributed by atoms with E-state index in [2.05, 4.69) is 4.98 Å². The molecule has 1 N–H and O–H groups in total. The van der Waals surface area contributed by atoms with Gasteiger partial charge in [-0.2, -0.15) is 0 Å². The number of nitro groups is 1. The molecular weight excluding hydrogens is 228 g/mol. The molecule has 0 fully saturated rings. The molecule has 0 saturated carbocycles. The van der Waals surface area contributed by atoms with E-state index in [1.165, 1.54) is 18.3 Å². The van der Waals surface area contributed by atoms with E-state index >= 15 is 0 Å². The molecule has 1 rings (SSSR count). The highest BCUT2D eigenvalue weighted by Crippen LogP contribution is 2.24. The Bertz CT molecular complexity index is 421. The van der Waals surface area contributed by atoms with Crippen LogP contribution in [0.25, 0.3) is 0 Å². The Kier molecular flexibility index (Phi) is 4.38. The first kappa shape index (κ1) is 12.9. The van der Waals surface area contributed by atoms with E-state index in [4.69, 9.17) is 9.84 Å². The van der Waals surface area contributed by atoms with Crippen LogP contribution >= 0.6 is 0 Å². The van der Waals surface area contributed by atoms with Gasteiger partial charge in [0.2, 0.25) is 5.75 Å². The molecule has 7 nitrogen and oxygen atoms in total. The Morgan fingerprint density at radius 3 is 3.00 bits per heavy atom. The van der Waals surface area contributed by atoms with Gasteiger partial charge >= 0.3 is 11.8 Å². The largest absolute Gasteiger partial charge is 0.483 e. The van der Waals surface area contributed by atoms with Crippen molar-refractivity contribution in [3.05, 3.63) is 28.4 Å². The minimum absolute atomic E-state index is 0.0464. The van der Waals surface area contributed by atoms with E-state index < -0.39 is 17.0 Å². The number of nitrogens with zero attached hydrogens (tertiary/aromatic N) is 2. The van der Waals surface area contributed by atoms with Crippen molar-refractivity contribution in [2.24, 2.45) is 0 Å². The summed E-state index contributed by atoms with van der Waals surface area (Å²) in [5.41, 5.74) is 0. The summed E-state index contributed by atoms with van der Waals surface area (Å²) >= 11 is 0. The van der Waals surface area contributed by atoms with Gasteiger partial charge in [0.1, 0.15) is 6.20 Å². The molecule has 1 aromatic rings. The maximum Gasteiger partial charge on any atom is 0.406 e. The molecule has 0 amide bonds. The zero-order valence-corrected chi connectivity index (χ0v) is 9.20. The second-order valence-corrected chi connectivity index (χ2v) is 3.44. The third kappa shape index (κ3) is 4.06. The first-order chi connectivity index (χ1) is 8.00. The normalized spacial score (nSPS) is 11.8. The molecule has 1 unspecified atom stereocenters. The molecule has 0 aromatic carbocycles. The Morgan fingerprint density at radius 2 is 2.41 bits per heavy atom. The first-order valence-corrected chi connectivity index (χ1v) is 4.98. The van der Waals surface area contributed by atoms with Crippen LogP contribution in [0.2, 0.25) is 0 Å². The van der Waals surface area contributed by atoms with Crippen molar-refractivity contribution in [1.82, 2.24) is 4.98 Å². The van der Waals surface area contributed by atoms with Crippen LogP contribution in [0.4, 0.5) is 5.82 Å². The molecule has 1 atom stereocenters. The van der Waals surface area contributed by atoms with Gasteiger partial charge in [0.05, 0.1) is 6.10 Å². The highest BCUT2D eigenvalue weighted by Gasteiger charge is 2.18. The fraction of sp³-hybridized carbons (Fsp3) is 0.400. The summed E-state index contributed by atoms with van der Waals surface area (Å²) in [5.74, 6) is -1.24. The SMILES string of the molecule is CC(CCC(=O)O)Oc1cccnc1[N+](=O)[O-]. The average Bonchev–Trinajstić information content (AvgIpc) is 2.27. The fourth-order valence-electron chi connectivity index (χ4n) is 1.21. The number of aliphatic carboxylic acids is 1. The minimum Gasteiger partial charge on any atom is -0.483 e. The molecule has 1 heterocycles. The number of hydrogen-bond donors (Lipinski definition) is 1. The summed E-state index contributed by atoms with van der Waals surface area (Å²) in [6, 6.07) is 2.95. The highest BCUT2D eigenvalue weighted by molar-refractivity contribution is 5.66. The average molecular weight is 240 g/mol. The maximum absolute atomic E-state index is 10.6. The topological polar surface area (TPSA) is 103 Å². The van der Waals surface area contributed by atoms with Crippen LogP contribution in [0.1, 0.15) is 19.8 Å². The molecule has 92 valence electrons. The van der Waals surface area contributed by atoms with Crippen molar-refractivity contribution in [1.29, 1.82) is 0 Å². The van der Waals surface area contributed by atoms with E-state index in [0.717, 1.165) is 0 Å². The molecule has 0 radical (unpaired) electrons. The number of rotatable bonds is 6. The van der Waals surface area contributed by atoms with Gasteiger partial charge in [0, 0.05) is 6.42 Å². The minimum atomic E-state index is -0.930. The lowest BCUT2D eigenvalue weighted by Gasteiger charge is -2.12. The highest BCUT2D eigenvalue weighted by atomic mass is 16.6. The third-order valence-corrected chi connectivity index (χ3v) is 2.02. The van der Waals surface area contributed by atoms with Gasteiger partial charge in [-0.25, -0.2) is 0 Å². The lowest BCUT2D eigenvalue weighted by atomic mass is 10.2. The Hall–Kier alpha value is -2.18. The first-order valence-electron chi connectivity index (χ1n) is 4.98. The van der Waals surface area contributed by atoms with Crippen molar-refractivity contribution >= 4 is 11.8 Å². The monoisotopic (exact) mass is 240 g/mol. The van der Waals surface area contributed by atoms with Crippen LogP contribution in [0.15, 0.2) is 18.3 Å². The van der Waals surface area contributed by atoms with Crippen molar-refractivity contribution in [3.63, 3.8) is 0 Å². The standard InChI is InChI=1S/C10H12N2O5/c1-7(4-5-9(13)14)17-8-3-2-6-11-10(8)12(15)16/h2-3,6-7H,4-5H2,1H3,(H,13,14). The van der Waals surface area contributed by atoms with Gasteiger partial charge in [0.25, 0.3) is 0 Å². The van der Waals surface area contributed by atoms with Crippen LogP contribution in [-0.4, -0.2) is 27.1 Å². The van der Waals surface area contributed by atoms with E-state index in [-0.39, 0.29) is 24.4 Å². The summed E-state index contributed by atoms with van der Waals surface area (Å²) in [5, 5.41) is 19.1. The molecule has 0 aliphatic rings. The van der Waals surface area contributed by atoms with E-state index in [1.807, 2.05) is 0 Å². The Balaban J connectivity index is 2.67. The zero-order valence-electron chi connectivity index (χ0n) is 9.20. The molecule has 0 saturated heterocycles. The van der Waals surface area contributed by atoms with Gasteiger partial charge in [-0.1, -0.05) is 0 Å². The number of hydrogen-bond acceptors (Lipinski definition) is 5. The van der Waals surface area contributed by atoms with Crippen LogP contribution in [0.5, 0.6) is 5.75 Å². The van der Waals surface area contributed by atoms with Crippen molar-refractivity contribution in [3.8, 4) is 5.75 Å². The molecule has 17 heavy (non-hydrogen) atoms. The number of carboxylic acids is 1. The van der Waals surface area contributed by atoms with Crippen LogP contribution in [-0.2, 0) is 4.79 Å². The smallest absolute Gasteiger partial charge is 0.406 e. The van der Waals surface area contributed by atoms with Crippen LogP contribution in [0.3, 0.4) is 0 Å².